The van der Waals surface area contributed by atoms with Crippen molar-refractivity contribution >= 4 is 17.1 Å². The average molecular weight is 654 g/mol. The molecule has 1 aliphatic heterocycles. The van der Waals surface area contributed by atoms with Crippen LogP contribution in [0.4, 0.5) is 17.1 Å². The van der Waals surface area contributed by atoms with Gasteiger partial charge in [0.05, 0.1) is 11.1 Å². The van der Waals surface area contributed by atoms with Gasteiger partial charge in [-0.25, -0.2) is 0 Å². The quantitative estimate of drug-likeness (QED) is 0.170. The normalized spacial score (nSPS) is 12.6. The Bertz CT molecular complexity index is 2390. The summed E-state index contributed by atoms with van der Waals surface area (Å²) in [6.07, 6.45) is 0. The number of benzene rings is 8. The third-order valence-corrected chi connectivity index (χ3v) is 10.0. The Morgan fingerprint density at radius 1 is 0.353 bits per heavy atom. The van der Waals surface area contributed by atoms with Gasteiger partial charge in [0.2, 0.25) is 0 Å². The summed E-state index contributed by atoms with van der Waals surface area (Å²) in [5.41, 5.74) is 11.9. The van der Waals surface area contributed by atoms with Crippen molar-refractivity contribution in [2.45, 2.75) is 5.41 Å². The maximum atomic E-state index is 6.59. The van der Waals surface area contributed by atoms with Gasteiger partial charge in [0.15, 0.2) is 0 Å². The van der Waals surface area contributed by atoms with Gasteiger partial charge in [-0.15, -0.1) is 0 Å². The van der Waals surface area contributed by atoms with Crippen LogP contribution in [0.15, 0.2) is 212 Å². The molecule has 51 heavy (non-hydrogen) atoms. The molecule has 0 aliphatic carbocycles. The maximum absolute atomic E-state index is 6.59. The van der Waals surface area contributed by atoms with E-state index in [0.717, 1.165) is 50.8 Å². The van der Waals surface area contributed by atoms with Crippen molar-refractivity contribution in [1.82, 2.24) is 0 Å². The zero-order valence-electron chi connectivity index (χ0n) is 28.1. The molecule has 1 heterocycles. The third-order valence-electron chi connectivity index (χ3n) is 10.0. The summed E-state index contributed by atoms with van der Waals surface area (Å²) in [5, 5.41) is 0. The zero-order valence-corrected chi connectivity index (χ0v) is 28.1. The third kappa shape index (κ3) is 5.29. The van der Waals surface area contributed by atoms with E-state index in [9.17, 15) is 0 Å². The van der Waals surface area contributed by atoms with Crippen molar-refractivity contribution in [2.75, 3.05) is 4.90 Å². The highest BCUT2D eigenvalue weighted by atomic mass is 16.5. The number of ether oxygens (including phenoxy) is 1. The molecule has 0 saturated heterocycles. The lowest BCUT2D eigenvalue weighted by Gasteiger charge is -2.42. The maximum Gasteiger partial charge on any atom is 0.132 e. The number of hydrogen-bond acceptors (Lipinski definition) is 2. The number of fused-ring (bicyclic) bond motifs is 2. The molecule has 1 aliphatic rings. The molecule has 0 saturated carbocycles. The highest BCUT2D eigenvalue weighted by Crippen LogP contribution is 2.56. The topological polar surface area (TPSA) is 12.5 Å². The molecule has 2 heteroatoms. The van der Waals surface area contributed by atoms with Crippen LogP contribution in [0, 0.1) is 0 Å². The van der Waals surface area contributed by atoms with Crippen LogP contribution < -0.4 is 9.64 Å². The summed E-state index contributed by atoms with van der Waals surface area (Å²) < 4.78 is 6.59. The summed E-state index contributed by atoms with van der Waals surface area (Å²) in [6.45, 7) is 0. The lowest BCUT2D eigenvalue weighted by Crippen LogP contribution is -2.34. The Hall–Kier alpha value is -6.64. The van der Waals surface area contributed by atoms with Crippen LogP contribution in [0.25, 0.3) is 22.3 Å². The second kappa shape index (κ2) is 13.0. The van der Waals surface area contributed by atoms with Gasteiger partial charge in [-0.2, -0.15) is 0 Å². The minimum Gasteiger partial charge on any atom is -0.457 e. The van der Waals surface area contributed by atoms with Gasteiger partial charge in [0.25, 0.3) is 0 Å². The predicted octanol–water partition coefficient (Wildman–Crippen LogP) is 13.0. The van der Waals surface area contributed by atoms with E-state index in [2.05, 4.69) is 217 Å². The molecule has 0 spiro atoms. The molecule has 0 fully saturated rings. The van der Waals surface area contributed by atoms with Crippen molar-refractivity contribution in [2.24, 2.45) is 0 Å². The minimum absolute atomic E-state index is 0.621. The Balaban J connectivity index is 1.30. The van der Waals surface area contributed by atoms with Crippen LogP contribution in [-0.4, -0.2) is 0 Å². The van der Waals surface area contributed by atoms with E-state index < -0.39 is 5.41 Å². The first-order valence-electron chi connectivity index (χ1n) is 17.4. The first-order valence-corrected chi connectivity index (χ1v) is 17.4. The Labute approximate surface area is 299 Å². The molecule has 242 valence electrons. The number of hydrogen-bond donors (Lipinski definition) is 0. The first-order chi connectivity index (χ1) is 25.3. The molecule has 8 aromatic rings. The molecular weight excluding hydrogens is 619 g/mol. The van der Waals surface area contributed by atoms with Crippen LogP contribution in [0.3, 0.4) is 0 Å². The van der Waals surface area contributed by atoms with E-state index in [1.54, 1.807) is 0 Å². The van der Waals surface area contributed by atoms with Crippen molar-refractivity contribution in [1.29, 1.82) is 0 Å². The van der Waals surface area contributed by atoms with Crippen LogP contribution in [-0.2, 0) is 5.41 Å². The molecule has 9 rings (SSSR count). The molecule has 2 nitrogen and oxygen atoms in total. The monoisotopic (exact) mass is 653 g/mol. The van der Waals surface area contributed by atoms with Crippen molar-refractivity contribution in [3.05, 3.63) is 235 Å². The van der Waals surface area contributed by atoms with Gasteiger partial charge in [-0.05, 0) is 70.3 Å². The second-order valence-corrected chi connectivity index (χ2v) is 12.9. The fourth-order valence-electron chi connectivity index (χ4n) is 7.74. The van der Waals surface area contributed by atoms with Gasteiger partial charge < -0.3 is 9.64 Å². The molecule has 0 aromatic heterocycles. The van der Waals surface area contributed by atoms with Crippen LogP contribution in [0.5, 0.6) is 11.5 Å². The van der Waals surface area contributed by atoms with E-state index in [-0.39, 0.29) is 0 Å². The highest BCUT2D eigenvalue weighted by molar-refractivity contribution is 5.89. The van der Waals surface area contributed by atoms with Gasteiger partial charge in [0.1, 0.15) is 11.5 Å². The van der Waals surface area contributed by atoms with Gasteiger partial charge in [-0.3, -0.25) is 0 Å². The molecular formula is C49H35NO. The molecule has 0 unspecified atom stereocenters. The molecule has 0 N–H and O–H groups in total. The summed E-state index contributed by atoms with van der Waals surface area (Å²) >= 11 is 0. The Morgan fingerprint density at radius 3 is 1.53 bits per heavy atom. The largest absolute Gasteiger partial charge is 0.457 e. The molecule has 0 bridgehead atoms. The SMILES string of the molecule is c1ccc(-c2ccc(N(c3cccc(C4(c5ccccc5)c5ccccc5Oc5ccccc54)c3)c3ccccc3-c3ccccc3)cc2)cc1. The summed E-state index contributed by atoms with van der Waals surface area (Å²) in [5.74, 6) is 1.74. The fourth-order valence-corrected chi connectivity index (χ4v) is 7.74. The van der Waals surface area contributed by atoms with Gasteiger partial charge in [-0.1, -0.05) is 170 Å². The van der Waals surface area contributed by atoms with E-state index in [4.69, 9.17) is 4.74 Å². The number of nitrogens with zero attached hydrogens (tertiary/aromatic N) is 1. The number of anilines is 3. The smallest absolute Gasteiger partial charge is 0.132 e. The molecule has 0 amide bonds. The van der Waals surface area contributed by atoms with Gasteiger partial charge >= 0.3 is 0 Å². The zero-order chi connectivity index (χ0) is 34.0. The standard InChI is InChI=1S/C49H35NO/c1-4-17-36(18-5-1)37-31-33-41(34-32-37)50(46-28-13-10-25-43(46)38-19-6-2-7-20-38)42-24-16-23-40(35-42)49(39-21-8-3-9-22-39)44-26-11-14-29-47(44)51-48-30-15-12-27-45(48)49/h1-35H. The predicted molar refractivity (Wildman–Crippen MR) is 210 cm³/mol. The first kappa shape index (κ1) is 30.4. The van der Waals surface area contributed by atoms with Crippen molar-refractivity contribution in [3.8, 4) is 33.8 Å². The number of rotatable bonds is 7. The second-order valence-electron chi connectivity index (χ2n) is 12.9. The molecule has 8 aromatic carbocycles. The lowest BCUT2D eigenvalue weighted by atomic mass is 9.63. The van der Waals surface area contributed by atoms with E-state index in [1.165, 1.54) is 22.3 Å². The Kier molecular flexibility index (Phi) is 7.75. The fraction of sp³-hybridized carbons (Fsp3) is 0.0204. The molecule has 0 radical (unpaired) electrons. The number of para-hydroxylation sites is 3. The Morgan fingerprint density at radius 2 is 0.863 bits per heavy atom. The summed E-state index contributed by atoms with van der Waals surface area (Å²) in [4.78, 5) is 2.40. The van der Waals surface area contributed by atoms with E-state index >= 15 is 0 Å². The van der Waals surface area contributed by atoms with Crippen molar-refractivity contribution in [3.63, 3.8) is 0 Å². The van der Waals surface area contributed by atoms with Crippen LogP contribution in [0.1, 0.15) is 22.3 Å². The van der Waals surface area contributed by atoms with Crippen LogP contribution in [0.2, 0.25) is 0 Å². The summed E-state index contributed by atoms with van der Waals surface area (Å²) in [6, 6.07) is 75.7. The van der Waals surface area contributed by atoms with Crippen molar-refractivity contribution < 1.29 is 4.74 Å². The van der Waals surface area contributed by atoms with Crippen LogP contribution >= 0.6 is 0 Å². The minimum atomic E-state index is -0.621. The molecule has 0 atom stereocenters. The average Bonchev–Trinajstić information content (AvgIpc) is 3.21. The lowest BCUT2D eigenvalue weighted by molar-refractivity contribution is 0.434. The summed E-state index contributed by atoms with van der Waals surface area (Å²) in [7, 11) is 0. The van der Waals surface area contributed by atoms with Gasteiger partial charge in [0, 0.05) is 28.1 Å². The van der Waals surface area contributed by atoms with E-state index in [1.807, 2.05) is 0 Å². The van der Waals surface area contributed by atoms with E-state index in [0.29, 0.717) is 0 Å². The highest BCUT2D eigenvalue weighted by Gasteiger charge is 2.45.